The minimum Gasteiger partial charge on any atom is -0.356 e. The smallest absolute Gasteiger partial charge is 0.0665 e. The van der Waals surface area contributed by atoms with Gasteiger partial charge in [0, 0.05) is 42.1 Å². The van der Waals surface area contributed by atoms with Gasteiger partial charge in [0.05, 0.1) is 11.4 Å². The number of nitrogens with one attached hydrogen (secondary N) is 1. The number of rotatable bonds is 0. The largest absolute Gasteiger partial charge is 0.356 e. The molecule has 0 radical (unpaired) electrons. The molecule has 28 heavy (non-hydrogen) atoms. The molecule has 0 aromatic rings. The first-order valence-electron chi connectivity index (χ1n) is 10.8. The lowest BCUT2D eigenvalue weighted by Gasteiger charge is -2.53. The van der Waals surface area contributed by atoms with Crippen molar-refractivity contribution in [2.45, 2.75) is 69.2 Å². The number of hydrogen-bond acceptors (Lipinski definition) is 2. The maximum absolute atomic E-state index is 4.52. The van der Waals surface area contributed by atoms with E-state index in [1.807, 2.05) is 0 Å². The molecule has 3 aliphatic rings. The first kappa shape index (κ1) is 21.3. The van der Waals surface area contributed by atoms with E-state index in [9.17, 15) is 0 Å². The number of allylic oxidation sites excluding steroid dienone is 3. The lowest BCUT2D eigenvalue weighted by atomic mass is 9.49. The summed E-state index contributed by atoms with van der Waals surface area (Å²) in [6, 6.07) is 0. The normalized spacial score (nSPS) is 34.3. The Bertz CT molecular complexity index is 787. The number of nitrogens with zero attached hydrogens (tertiary/aromatic N) is 1. The van der Waals surface area contributed by atoms with Crippen LogP contribution in [0.25, 0.3) is 0 Å². The van der Waals surface area contributed by atoms with Gasteiger partial charge in [-0.25, -0.2) is 0 Å². The fourth-order valence-electron chi connectivity index (χ4n) is 6.39. The van der Waals surface area contributed by atoms with Gasteiger partial charge in [0.15, 0.2) is 0 Å². The molecule has 0 spiro atoms. The van der Waals surface area contributed by atoms with Gasteiger partial charge in [-0.05, 0) is 21.7 Å². The molecule has 3 rings (SSSR count). The summed E-state index contributed by atoms with van der Waals surface area (Å²) < 4.78 is 0. The first-order chi connectivity index (χ1) is 12.4. The number of likely N-dealkylation sites (tertiary alicyclic amines) is 1. The lowest BCUT2D eigenvalue weighted by Crippen LogP contribution is -2.49. The average Bonchev–Trinajstić information content (AvgIpc) is 2.94. The van der Waals surface area contributed by atoms with Crippen molar-refractivity contribution >= 4 is 0 Å². The molecule has 2 saturated heterocycles. The third-order valence-corrected chi connectivity index (χ3v) is 8.44. The van der Waals surface area contributed by atoms with Crippen LogP contribution in [0.1, 0.15) is 69.2 Å². The molecule has 0 aromatic heterocycles. The van der Waals surface area contributed by atoms with Crippen molar-refractivity contribution in [2.24, 2.45) is 45.3 Å². The van der Waals surface area contributed by atoms with Crippen LogP contribution in [0.2, 0.25) is 0 Å². The molecule has 0 saturated carbocycles. The monoisotopic (exact) mass is 382 g/mol. The molecular formula is C26H42N2. The van der Waals surface area contributed by atoms with Gasteiger partial charge in [0.2, 0.25) is 0 Å². The highest BCUT2D eigenvalue weighted by Gasteiger charge is 2.62. The summed E-state index contributed by atoms with van der Waals surface area (Å²) in [5.74, 6) is 1.58. The van der Waals surface area contributed by atoms with Crippen LogP contribution in [0.3, 0.4) is 0 Å². The summed E-state index contributed by atoms with van der Waals surface area (Å²) in [7, 11) is 2.18. The predicted molar refractivity (Wildman–Crippen MR) is 120 cm³/mol. The van der Waals surface area contributed by atoms with Crippen LogP contribution in [0, 0.1) is 45.3 Å². The molecule has 2 aliphatic heterocycles. The molecule has 156 valence electrons. The molecule has 2 heteroatoms. The fraction of sp³-hybridized carbons (Fsp3) is 0.731. The Hall–Kier alpha value is -1.40. The molecule has 4 atom stereocenters. The van der Waals surface area contributed by atoms with E-state index in [4.69, 9.17) is 0 Å². The van der Waals surface area contributed by atoms with Gasteiger partial charge in [-0.3, -0.25) is 0 Å². The highest BCUT2D eigenvalue weighted by atomic mass is 15.2. The predicted octanol–water partition coefficient (Wildman–Crippen LogP) is 6.55. The molecule has 0 amide bonds. The molecule has 1 aliphatic carbocycles. The van der Waals surface area contributed by atoms with Crippen molar-refractivity contribution in [2.75, 3.05) is 7.05 Å². The van der Waals surface area contributed by atoms with Crippen LogP contribution in [-0.2, 0) is 0 Å². The van der Waals surface area contributed by atoms with E-state index in [1.165, 1.54) is 17.1 Å². The van der Waals surface area contributed by atoms with Gasteiger partial charge in [-0.2, -0.15) is 0 Å². The number of fused-ring (bicyclic) bond motifs is 2. The molecular weight excluding hydrogens is 340 g/mol. The van der Waals surface area contributed by atoms with Crippen molar-refractivity contribution in [1.82, 2.24) is 10.2 Å². The van der Waals surface area contributed by atoms with Gasteiger partial charge >= 0.3 is 0 Å². The lowest BCUT2D eigenvalue weighted by molar-refractivity contribution is -0.0345. The van der Waals surface area contributed by atoms with Crippen LogP contribution in [0.15, 0.2) is 41.7 Å². The second-order valence-corrected chi connectivity index (χ2v) is 12.7. The van der Waals surface area contributed by atoms with Gasteiger partial charge in [-0.15, -0.1) is 0 Å². The van der Waals surface area contributed by atoms with Crippen molar-refractivity contribution in [3.63, 3.8) is 0 Å². The summed E-state index contributed by atoms with van der Waals surface area (Å²) in [4.78, 5) is 2.32. The van der Waals surface area contributed by atoms with E-state index in [2.05, 4.69) is 105 Å². The third-order valence-electron chi connectivity index (χ3n) is 8.44. The second-order valence-electron chi connectivity index (χ2n) is 12.7. The maximum Gasteiger partial charge on any atom is 0.0665 e. The summed E-state index contributed by atoms with van der Waals surface area (Å²) in [5, 5.41) is 3.68. The first-order valence-corrected chi connectivity index (χ1v) is 10.8. The standard InChI is InChI=1S/C26H42N2/c1-15-19(23(3,4)5)21-17(27-15)14-18-22(26(11,12)25(21,9)10)20(24(6,7)8)16(2)28(18)13/h19-22,27H,1-2H2,3-13H3. The van der Waals surface area contributed by atoms with Crippen molar-refractivity contribution in [3.05, 3.63) is 41.7 Å². The zero-order valence-corrected chi connectivity index (χ0v) is 20.2. The molecule has 0 aromatic carbocycles. The van der Waals surface area contributed by atoms with Gasteiger partial charge in [0.1, 0.15) is 0 Å². The van der Waals surface area contributed by atoms with Crippen LogP contribution in [-0.4, -0.2) is 11.9 Å². The van der Waals surface area contributed by atoms with E-state index >= 15 is 0 Å². The quantitative estimate of drug-likeness (QED) is 0.478. The summed E-state index contributed by atoms with van der Waals surface area (Å²) in [5.41, 5.74) is 9.24. The Balaban J connectivity index is 2.33. The van der Waals surface area contributed by atoms with Crippen LogP contribution in [0.5, 0.6) is 0 Å². The second kappa shape index (κ2) is 5.82. The summed E-state index contributed by atoms with van der Waals surface area (Å²) in [6.45, 7) is 33.0. The van der Waals surface area contributed by atoms with E-state index in [0.29, 0.717) is 23.7 Å². The van der Waals surface area contributed by atoms with Crippen molar-refractivity contribution < 1.29 is 0 Å². The highest BCUT2D eigenvalue weighted by Crippen LogP contribution is 2.66. The SMILES string of the molecule is C=C1NC2=C=C3C(C(C(C)(C)C)C(=C)N3C)C(C)(C)C(C)(C)C2C1C(C)(C)C. The molecule has 0 bridgehead atoms. The molecule has 2 heterocycles. The minimum absolute atomic E-state index is 0.0705. The van der Waals surface area contributed by atoms with Gasteiger partial charge in [-0.1, -0.05) is 88.1 Å². The Morgan fingerprint density at radius 2 is 1.32 bits per heavy atom. The summed E-state index contributed by atoms with van der Waals surface area (Å²) >= 11 is 0. The Labute approximate surface area is 173 Å². The van der Waals surface area contributed by atoms with Crippen LogP contribution < -0.4 is 5.32 Å². The zero-order valence-electron chi connectivity index (χ0n) is 20.2. The molecule has 2 nitrogen and oxygen atoms in total. The third kappa shape index (κ3) is 2.67. The summed E-state index contributed by atoms with van der Waals surface area (Å²) in [6.07, 6.45) is 0. The molecule has 2 fully saturated rings. The van der Waals surface area contributed by atoms with Gasteiger partial charge < -0.3 is 10.2 Å². The van der Waals surface area contributed by atoms with E-state index in [1.54, 1.807) is 0 Å². The average molecular weight is 383 g/mol. The van der Waals surface area contributed by atoms with Crippen LogP contribution >= 0.6 is 0 Å². The van der Waals surface area contributed by atoms with Gasteiger partial charge in [0.25, 0.3) is 0 Å². The van der Waals surface area contributed by atoms with E-state index in [-0.39, 0.29) is 21.7 Å². The Morgan fingerprint density at radius 3 is 1.79 bits per heavy atom. The Morgan fingerprint density at radius 1 is 0.857 bits per heavy atom. The highest BCUT2D eigenvalue weighted by molar-refractivity contribution is 5.38. The van der Waals surface area contributed by atoms with Crippen LogP contribution in [0.4, 0.5) is 0 Å². The van der Waals surface area contributed by atoms with E-state index < -0.39 is 0 Å². The topological polar surface area (TPSA) is 15.3 Å². The fourth-order valence-corrected chi connectivity index (χ4v) is 6.39. The Kier molecular flexibility index (Phi) is 4.43. The number of hydrogen-bond donors (Lipinski definition) is 1. The zero-order chi connectivity index (χ0) is 21.6. The maximum atomic E-state index is 4.52. The van der Waals surface area contributed by atoms with Crippen molar-refractivity contribution in [1.29, 1.82) is 0 Å². The molecule has 1 N–H and O–H groups in total. The van der Waals surface area contributed by atoms with E-state index in [0.717, 1.165) is 5.70 Å². The molecule has 4 unspecified atom stereocenters. The minimum atomic E-state index is 0.0705. The van der Waals surface area contributed by atoms with Crippen molar-refractivity contribution in [3.8, 4) is 0 Å².